The predicted molar refractivity (Wildman–Crippen MR) is 66.3 cm³/mol. The Labute approximate surface area is 100 Å². The van der Waals surface area contributed by atoms with Crippen molar-refractivity contribution in [3.8, 4) is 0 Å². The zero-order valence-electron chi connectivity index (χ0n) is 9.76. The summed E-state index contributed by atoms with van der Waals surface area (Å²) < 4.78 is 5.16. The lowest BCUT2D eigenvalue weighted by Gasteiger charge is -2.13. The minimum Gasteiger partial charge on any atom is -0.499 e. The molecule has 6 heteroatoms. The second kappa shape index (κ2) is 6.59. The summed E-state index contributed by atoms with van der Waals surface area (Å²) in [6.45, 7) is 0. The molecule has 1 unspecified atom stereocenters. The van der Waals surface area contributed by atoms with Crippen LogP contribution in [0.3, 0.4) is 0 Å². The SMILES string of the molecule is COC1=CC/C=C(/C/C(N=N)=N/N)C=CC1N. The summed E-state index contributed by atoms with van der Waals surface area (Å²) in [6.07, 6.45) is 8.78. The van der Waals surface area contributed by atoms with E-state index in [9.17, 15) is 0 Å². The van der Waals surface area contributed by atoms with Crippen molar-refractivity contribution in [2.75, 3.05) is 7.11 Å². The number of hydrogen-bond donors (Lipinski definition) is 3. The van der Waals surface area contributed by atoms with Gasteiger partial charge in [-0.25, -0.2) is 5.53 Å². The van der Waals surface area contributed by atoms with Crippen LogP contribution in [0.1, 0.15) is 12.8 Å². The summed E-state index contributed by atoms with van der Waals surface area (Å²) in [4.78, 5) is 0. The van der Waals surface area contributed by atoms with Crippen LogP contribution in [-0.4, -0.2) is 19.0 Å². The lowest BCUT2D eigenvalue weighted by atomic mass is 10.0. The summed E-state index contributed by atoms with van der Waals surface area (Å²) in [5.74, 6) is 6.14. The maximum Gasteiger partial charge on any atom is 0.174 e. The van der Waals surface area contributed by atoms with E-state index in [0.717, 1.165) is 11.3 Å². The topological polar surface area (TPSA) is 110 Å². The Morgan fingerprint density at radius 2 is 2.35 bits per heavy atom. The first-order valence-corrected chi connectivity index (χ1v) is 5.22. The molecule has 0 saturated heterocycles. The second-order valence-electron chi connectivity index (χ2n) is 3.54. The molecule has 0 bridgehead atoms. The molecule has 6 nitrogen and oxygen atoms in total. The molecule has 0 radical (unpaired) electrons. The fourth-order valence-electron chi connectivity index (χ4n) is 1.50. The van der Waals surface area contributed by atoms with Crippen molar-refractivity contribution >= 4 is 5.84 Å². The summed E-state index contributed by atoms with van der Waals surface area (Å²) >= 11 is 0. The van der Waals surface area contributed by atoms with Gasteiger partial charge in [-0.3, -0.25) is 0 Å². The van der Waals surface area contributed by atoms with Gasteiger partial charge in [-0.05, 0) is 18.1 Å². The van der Waals surface area contributed by atoms with E-state index in [1.165, 1.54) is 0 Å². The molecule has 92 valence electrons. The molecule has 0 aliphatic heterocycles. The van der Waals surface area contributed by atoms with Crippen molar-refractivity contribution in [1.29, 1.82) is 5.53 Å². The van der Waals surface area contributed by atoms with Gasteiger partial charge in [0.15, 0.2) is 5.84 Å². The molecule has 0 saturated carbocycles. The lowest BCUT2D eigenvalue weighted by Crippen LogP contribution is -2.21. The molecule has 0 fully saturated rings. The molecule has 1 aliphatic carbocycles. The molecular weight excluding hydrogens is 218 g/mol. The highest BCUT2D eigenvalue weighted by Gasteiger charge is 2.08. The highest BCUT2D eigenvalue weighted by atomic mass is 16.5. The van der Waals surface area contributed by atoms with Crippen LogP contribution in [-0.2, 0) is 4.74 Å². The number of ether oxygens (including phenoxy) is 1. The van der Waals surface area contributed by atoms with Crippen molar-refractivity contribution in [3.05, 3.63) is 35.6 Å². The van der Waals surface area contributed by atoms with E-state index >= 15 is 0 Å². The summed E-state index contributed by atoms with van der Waals surface area (Å²) in [5, 5.41) is 6.65. The van der Waals surface area contributed by atoms with E-state index in [1.54, 1.807) is 7.11 Å². The lowest BCUT2D eigenvalue weighted by molar-refractivity contribution is 0.273. The largest absolute Gasteiger partial charge is 0.499 e. The van der Waals surface area contributed by atoms with Gasteiger partial charge >= 0.3 is 0 Å². The van der Waals surface area contributed by atoms with Crippen LogP contribution in [0.5, 0.6) is 0 Å². The van der Waals surface area contributed by atoms with Crippen LogP contribution in [0.15, 0.2) is 45.9 Å². The van der Waals surface area contributed by atoms with Crippen molar-refractivity contribution in [2.24, 2.45) is 21.8 Å². The van der Waals surface area contributed by atoms with Crippen LogP contribution in [0.4, 0.5) is 0 Å². The Morgan fingerprint density at radius 3 is 2.94 bits per heavy atom. The van der Waals surface area contributed by atoms with Gasteiger partial charge in [-0.15, -0.1) is 5.11 Å². The first-order valence-electron chi connectivity index (χ1n) is 5.22. The van der Waals surface area contributed by atoms with E-state index in [-0.39, 0.29) is 11.9 Å². The van der Waals surface area contributed by atoms with E-state index in [1.807, 2.05) is 24.3 Å². The van der Waals surface area contributed by atoms with E-state index < -0.39 is 0 Å². The van der Waals surface area contributed by atoms with Crippen LogP contribution in [0.2, 0.25) is 0 Å². The van der Waals surface area contributed by atoms with Gasteiger partial charge in [-0.1, -0.05) is 18.2 Å². The first-order chi connectivity index (χ1) is 8.21. The summed E-state index contributed by atoms with van der Waals surface area (Å²) in [5.41, 5.74) is 13.8. The third-order valence-corrected chi connectivity index (χ3v) is 2.42. The Hall–Kier alpha value is -1.95. The third-order valence-electron chi connectivity index (χ3n) is 2.42. The molecule has 0 spiro atoms. The van der Waals surface area contributed by atoms with Gasteiger partial charge in [0.05, 0.1) is 13.2 Å². The van der Waals surface area contributed by atoms with Crippen LogP contribution >= 0.6 is 0 Å². The molecule has 0 heterocycles. The molecule has 1 atom stereocenters. The smallest absolute Gasteiger partial charge is 0.174 e. The van der Waals surface area contributed by atoms with E-state index in [4.69, 9.17) is 21.8 Å². The van der Waals surface area contributed by atoms with Gasteiger partial charge in [0.2, 0.25) is 0 Å². The summed E-state index contributed by atoms with van der Waals surface area (Å²) in [6, 6.07) is -0.255. The average molecular weight is 235 g/mol. The third kappa shape index (κ3) is 3.84. The quantitative estimate of drug-likeness (QED) is 0.226. The Kier molecular flexibility index (Phi) is 5.09. The molecule has 0 aromatic heterocycles. The first kappa shape index (κ1) is 13.1. The van der Waals surface area contributed by atoms with Crippen molar-refractivity contribution in [1.82, 2.24) is 0 Å². The molecule has 1 rings (SSSR count). The number of nitrogens with two attached hydrogens (primary N) is 2. The zero-order chi connectivity index (χ0) is 12.7. The molecular formula is C11H17N5O. The van der Waals surface area contributed by atoms with Crippen LogP contribution < -0.4 is 11.6 Å². The molecule has 1 aliphatic rings. The maximum atomic E-state index is 6.88. The maximum absolute atomic E-state index is 6.88. The minimum atomic E-state index is -0.255. The fourth-order valence-corrected chi connectivity index (χ4v) is 1.50. The zero-order valence-corrected chi connectivity index (χ0v) is 9.76. The van der Waals surface area contributed by atoms with Gasteiger partial charge in [0.25, 0.3) is 0 Å². The predicted octanol–water partition coefficient (Wildman–Crippen LogP) is 1.42. The Balaban J connectivity index is 2.81. The van der Waals surface area contributed by atoms with E-state index in [2.05, 4.69) is 10.2 Å². The number of rotatable bonds is 3. The highest BCUT2D eigenvalue weighted by Crippen LogP contribution is 2.14. The Bertz CT molecular complexity index is 395. The molecule has 5 N–H and O–H groups in total. The number of nitrogens with zero attached hydrogens (tertiary/aromatic N) is 2. The molecule has 0 aromatic rings. The van der Waals surface area contributed by atoms with Crippen molar-refractivity contribution in [3.63, 3.8) is 0 Å². The van der Waals surface area contributed by atoms with Crippen LogP contribution in [0, 0.1) is 5.53 Å². The second-order valence-corrected chi connectivity index (χ2v) is 3.54. The minimum absolute atomic E-state index is 0.255. The number of nitrogens with one attached hydrogen (secondary N) is 1. The number of amidine groups is 1. The van der Waals surface area contributed by atoms with Gasteiger partial charge < -0.3 is 16.3 Å². The number of methoxy groups -OCH3 is 1. The highest BCUT2D eigenvalue weighted by molar-refractivity contribution is 5.84. The monoisotopic (exact) mass is 235 g/mol. The molecule has 0 aromatic carbocycles. The normalized spacial score (nSPS) is 24.1. The standard InChI is InChI=1S/C11H17N5O/c1-17-10-4-2-3-8(5-6-9(10)12)7-11(15-13)16-14/h3-6,9,13H,2,7,12,14H2,1H3/b6-5?,8-3+,10-4?,15-13?,16-11-. The number of hydrogen-bond acceptors (Lipinski definition) is 5. The van der Waals surface area contributed by atoms with Crippen molar-refractivity contribution < 1.29 is 4.74 Å². The van der Waals surface area contributed by atoms with Gasteiger partial charge in [-0.2, -0.15) is 5.10 Å². The molecule has 17 heavy (non-hydrogen) atoms. The number of allylic oxidation sites excluding steroid dienone is 3. The molecule has 0 amide bonds. The van der Waals surface area contributed by atoms with Gasteiger partial charge in [0.1, 0.15) is 5.76 Å². The Morgan fingerprint density at radius 1 is 1.59 bits per heavy atom. The van der Waals surface area contributed by atoms with E-state index in [0.29, 0.717) is 12.8 Å². The van der Waals surface area contributed by atoms with Crippen molar-refractivity contribution in [2.45, 2.75) is 18.9 Å². The fraction of sp³-hybridized carbons (Fsp3) is 0.364. The van der Waals surface area contributed by atoms with Gasteiger partial charge in [0, 0.05) is 6.42 Å². The van der Waals surface area contributed by atoms with Crippen LogP contribution in [0.25, 0.3) is 0 Å². The summed E-state index contributed by atoms with van der Waals surface area (Å²) in [7, 11) is 1.60. The number of hydrazone groups is 1. The average Bonchev–Trinajstić information content (AvgIpc) is 2.34.